The van der Waals surface area contributed by atoms with Crippen LogP contribution in [0.3, 0.4) is 0 Å². The lowest BCUT2D eigenvalue weighted by molar-refractivity contribution is -0.136. The molecule has 2 aromatic rings. The van der Waals surface area contributed by atoms with E-state index in [4.69, 9.17) is 4.52 Å². The molecule has 0 N–H and O–H groups in total. The molecule has 2 aliphatic rings. The van der Waals surface area contributed by atoms with Gasteiger partial charge in [-0.05, 0) is 25.0 Å². The lowest BCUT2D eigenvalue weighted by Gasteiger charge is -2.25. The van der Waals surface area contributed by atoms with Crippen LogP contribution in [0.5, 0.6) is 0 Å². The Labute approximate surface area is 145 Å². The van der Waals surface area contributed by atoms with Gasteiger partial charge in [0.2, 0.25) is 17.7 Å². The fourth-order valence-electron chi connectivity index (χ4n) is 3.71. The maximum atomic E-state index is 13.0. The summed E-state index contributed by atoms with van der Waals surface area (Å²) in [5, 5.41) is 3.98. The van der Waals surface area contributed by atoms with E-state index in [9.17, 15) is 9.59 Å². The molecule has 2 amide bonds. The Balaban J connectivity index is 1.50. The van der Waals surface area contributed by atoms with Gasteiger partial charge in [0, 0.05) is 32.1 Å². The minimum Gasteiger partial charge on any atom is -0.340 e. The largest absolute Gasteiger partial charge is 0.340 e. The topological polar surface area (TPSA) is 79.5 Å². The molecule has 3 heterocycles. The van der Waals surface area contributed by atoms with Crippen LogP contribution in [0.25, 0.3) is 0 Å². The number of aryl methyl sites for hydroxylation is 1. The van der Waals surface area contributed by atoms with E-state index in [1.54, 1.807) is 11.8 Å². The lowest BCUT2D eigenvalue weighted by atomic mass is 10.1. The van der Waals surface area contributed by atoms with Gasteiger partial charge in [0.05, 0.1) is 12.0 Å². The first-order valence-electron chi connectivity index (χ1n) is 8.59. The molecule has 0 unspecified atom stereocenters. The highest BCUT2D eigenvalue weighted by Gasteiger charge is 2.41. The average molecular weight is 340 g/mol. The van der Waals surface area contributed by atoms with Gasteiger partial charge < -0.3 is 14.3 Å². The Hall–Kier alpha value is -2.70. The van der Waals surface area contributed by atoms with Crippen LogP contribution in [0.15, 0.2) is 34.9 Å². The van der Waals surface area contributed by atoms with E-state index in [2.05, 4.69) is 10.1 Å². The summed E-state index contributed by atoms with van der Waals surface area (Å²) in [6.45, 7) is 2.84. The maximum Gasteiger partial charge on any atom is 0.228 e. The van der Waals surface area contributed by atoms with E-state index in [0.717, 1.165) is 18.5 Å². The minimum atomic E-state index is -0.318. The number of hydrogen-bond donors (Lipinski definition) is 0. The van der Waals surface area contributed by atoms with Crippen LogP contribution in [0, 0.1) is 12.8 Å². The third-order valence-electron chi connectivity index (χ3n) is 4.92. The van der Waals surface area contributed by atoms with E-state index in [-0.39, 0.29) is 30.2 Å². The van der Waals surface area contributed by atoms with Crippen molar-refractivity contribution in [2.45, 2.75) is 32.2 Å². The summed E-state index contributed by atoms with van der Waals surface area (Å²) >= 11 is 0. The fraction of sp³-hybridized carbons (Fsp3) is 0.444. The third kappa shape index (κ3) is 2.90. The van der Waals surface area contributed by atoms with Gasteiger partial charge in [-0.15, -0.1) is 0 Å². The summed E-state index contributed by atoms with van der Waals surface area (Å²) in [4.78, 5) is 33.2. The molecule has 2 saturated heterocycles. The van der Waals surface area contributed by atoms with Crippen LogP contribution in [-0.4, -0.2) is 39.9 Å². The predicted molar refractivity (Wildman–Crippen MR) is 89.6 cm³/mol. The van der Waals surface area contributed by atoms with Gasteiger partial charge in [0.25, 0.3) is 0 Å². The number of para-hydroxylation sites is 1. The first kappa shape index (κ1) is 15.8. The smallest absolute Gasteiger partial charge is 0.228 e. The van der Waals surface area contributed by atoms with Gasteiger partial charge in [-0.1, -0.05) is 23.4 Å². The van der Waals surface area contributed by atoms with Gasteiger partial charge in [0.15, 0.2) is 5.82 Å². The van der Waals surface area contributed by atoms with E-state index < -0.39 is 0 Å². The Kier molecular flexibility index (Phi) is 3.99. The molecule has 130 valence electrons. The molecular weight excluding hydrogens is 320 g/mol. The van der Waals surface area contributed by atoms with E-state index in [1.165, 1.54) is 0 Å². The monoisotopic (exact) mass is 340 g/mol. The van der Waals surface area contributed by atoms with Crippen molar-refractivity contribution in [1.29, 1.82) is 0 Å². The highest BCUT2D eigenvalue weighted by atomic mass is 16.5. The molecule has 1 aromatic heterocycles. The molecule has 4 rings (SSSR count). The van der Waals surface area contributed by atoms with E-state index >= 15 is 0 Å². The van der Waals surface area contributed by atoms with E-state index in [1.807, 2.05) is 35.2 Å². The summed E-state index contributed by atoms with van der Waals surface area (Å²) in [7, 11) is 0. The van der Waals surface area contributed by atoms with Crippen LogP contribution in [-0.2, 0) is 9.59 Å². The molecule has 1 aromatic carbocycles. The first-order valence-corrected chi connectivity index (χ1v) is 8.59. The number of hydrogen-bond acceptors (Lipinski definition) is 5. The summed E-state index contributed by atoms with van der Waals surface area (Å²) < 4.78 is 5.06. The third-order valence-corrected chi connectivity index (χ3v) is 4.92. The average Bonchev–Trinajstić information content (AvgIpc) is 3.34. The Morgan fingerprint density at radius 2 is 2.08 bits per heavy atom. The van der Waals surface area contributed by atoms with Gasteiger partial charge >= 0.3 is 0 Å². The molecule has 2 aliphatic heterocycles. The number of likely N-dealkylation sites (tertiary alicyclic amines) is 1. The van der Waals surface area contributed by atoms with Crippen molar-refractivity contribution in [3.63, 3.8) is 0 Å². The first-order chi connectivity index (χ1) is 12.1. The number of nitrogens with zero attached hydrogens (tertiary/aromatic N) is 4. The minimum absolute atomic E-state index is 0.00398. The molecule has 0 bridgehead atoms. The van der Waals surface area contributed by atoms with Crippen LogP contribution in [0.2, 0.25) is 0 Å². The Morgan fingerprint density at radius 1 is 1.28 bits per heavy atom. The molecule has 0 aliphatic carbocycles. The van der Waals surface area contributed by atoms with Gasteiger partial charge in [-0.25, -0.2) is 0 Å². The fourth-order valence-corrected chi connectivity index (χ4v) is 3.71. The normalized spacial score (nSPS) is 23.5. The van der Waals surface area contributed by atoms with Gasteiger partial charge in [0.1, 0.15) is 0 Å². The van der Waals surface area contributed by atoms with Crippen molar-refractivity contribution in [3.8, 4) is 0 Å². The van der Waals surface area contributed by atoms with Crippen LogP contribution in [0.1, 0.15) is 37.0 Å². The number of anilines is 1. The van der Waals surface area contributed by atoms with Crippen LogP contribution < -0.4 is 4.90 Å². The summed E-state index contributed by atoms with van der Waals surface area (Å²) in [6.07, 6.45) is 1.99. The second kappa shape index (κ2) is 6.31. The van der Waals surface area contributed by atoms with Crippen molar-refractivity contribution >= 4 is 17.5 Å². The number of amides is 2. The summed E-state index contributed by atoms with van der Waals surface area (Å²) in [5.41, 5.74) is 0.842. The van der Waals surface area contributed by atoms with Crippen LogP contribution >= 0.6 is 0 Å². The van der Waals surface area contributed by atoms with Gasteiger partial charge in [-0.2, -0.15) is 4.98 Å². The molecule has 2 atom stereocenters. The van der Waals surface area contributed by atoms with Crippen molar-refractivity contribution in [3.05, 3.63) is 42.0 Å². The zero-order valence-electron chi connectivity index (χ0n) is 14.1. The zero-order chi connectivity index (χ0) is 17.4. The Bertz CT molecular complexity index is 789. The number of carbonyl (C=O) groups excluding carboxylic acids is 2. The maximum absolute atomic E-state index is 13.0. The number of carbonyl (C=O) groups is 2. The molecule has 0 spiro atoms. The molecular formula is C18H20N4O3. The van der Waals surface area contributed by atoms with Crippen LogP contribution in [0.4, 0.5) is 5.69 Å². The predicted octanol–water partition coefficient (Wildman–Crippen LogP) is 2.09. The summed E-state index contributed by atoms with van der Waals surface area (Å²) in [5.74, 6) is 0.752. The van der Waals surface area contributed by atoms with Crippen molar-refractivity contribution < 1.29 is 14.1 Å². The quantitative estimate of drug-likeness (QED) is 0.855. The molecule has 2 fully saturated rings. The molecule has 25 heavy (non-hydrogen) atoms. The van der Waals surface area contributed by atoms with Crippen molar-refractivity contribution in [2.24, 2.45) is 5.92 Å². The molecule has 7 nitrogen and oxygen atoms in total. The second-order valence-corrected chi connectivity index (χ2v) is 6.60. The molecule has 0 saturated carbocycles. The second-order valence-electron chi connectivity index (χ2n) is 6.60. The number of benzene rings is 1. The highest BCUT2D eigenvalue weighted by Crippen LogP contribution is 2.34. The number of aromatic nitrogens is 2. The van der Waals surface area contributed by atoms with E-state index in [0.29, 0.717) is 24.8 Å². The van der Waals surface area contributed by atoms with Crippen molar-refractivity contribution in [2.75, 3.05) is 18.0 Å². The van der Waals surface area contributed by atoms with Gasteiger partial charge in [-0.3, -0.25) is 9.59 Å². The van der Waals surface area contributed by atoms with Crippen molar-refractivity contribution in [1.82, 2.24) is 15.0 Å². The standard InChI is InChI=1S/C18H20N4O3/c1-12-19-17(20-25-12)15-8-5-9-21(15)18(24)13-10-16(23)22(11-13)14-6-3-2-4-7-14/h2-4,6-7,13,15H,5,8-11H2,1H3/t13-,15+/m1/s1. The molecule has 0 radical (unpaired) electrons. The zero-order valence-corrected chi connectivity index (χ0v) is 14.1. The number of rotatable bonds is 3. The SMILES string of the molecule is Cc1nc([C@@H]2CCCN2C(=O)[C@@H]2CC(=O)N(c3ccccc3)C2)no1. The Morgan fingerprint density at radius 3 is 2.80 bits per heavy atom. The highest BCUT2D eigenvalue weighted by molar-refractivity contribution is 6.00. The molecule has 7 heteroatoms. The summed E-state index contributed by atoms with van der Waals surface area (Å²) in [6, 6.07) is 9.34. The lowest BCUT2D eigenvalue weighted by Crippen LogP contribution is -2.37.